The maximum absolute atomic E-state index is 9.73. The Bertz CT molecular complexity index is 233. The van der Waals surface area contributed by atoms with Crippen molar-refractivity contribution in [1.29, 1.82) is 0 Å². The van der Waals surface area contributed by atoms with Crippen LogP contribution in [0, 0.1) is 0 Å². The second kappa shape index (κ2) is 8.93. The van der Waals surface area contributed by atoms with Crippen molar-refractivity contribution in [3.8, 4) is 0 Å². The minimum atomic E-state index is -0.111. The van der Waals surface area contributed by atoms with Crippen molar-refractivity contribution in [3.63, 3.8) is 0 Å². The molecule has 0 aromatic carbocycles. The first-order chi connectivity index (χ1) is 9.12. The SMILES string of the molecule is CCCCCCOC1CCCC(CO)(NC(C)C)C1. The summed E-state index contributed by atoms with van der Waals surface area (Å²) in [6.07, 6.45) is 9.68. The molecule has 114 valence electrons. The zero-order chi connectivity index (χ0) is 14.1. The Hall–Kier alpha value is -0.120. The van der Waals surface area contributed by atoms with E-state index in [2.05, 4.69) is 26.1 Å². The summed E-state index contributed by atoms with van der Waals surface area (Å²) in [5, 5.41) is 13.3. The molecule has 2 unspecified atom stereocenters. The topological polar surface area (TPSA) is 41.5 Å². The van der Waals surface area contributed by atoms with Gasteiger partial charge in [-0.15, -0.1) is 0 Å². The number of unbranched alkanes of at least 4 members (excludes halogenated alkanes) is 3. The summed E-state index contributed by atoms with van der Waals surface area (Å²) in [6, 6.07) is 0.412. The highest BCUT2D eigenvalue weighted by Gasteiger charge is 2.36. The lowest BCUT2D eigenvalue weighted by atomic mass is 9.80. The Morgan fingerprint density at radius 1 is 1.32 bits per heavy atom. The van der Waals surface area contributed by atoms with Gasteiger partial charge in [0, 0.05) is 18.2 Å². The number of nitrogens with one attached hydrogen (secondary N) is 1. The van der Waals surface area contributed by atoms with Gasteiger partial charge in [-0.25, -0.2) is 0 Å². The van der Waals surface area contributed by atoms with Crippen molar-refractivity contribution < 1.29 is 9.84 Å². The molecule has 19 heavy (non-hydrogen) atoms. The van der Waals surface area contributed by atoms with Crippen LogP contribution in [0.4, 0.5) is 0 Å². The second-order valence-corrected chi connectivity index (χ2v) is 6.39. The fourth-order valence-electron chi connectivity index (χ4n) is 3.16. The van der Waals surface area contributed by atoms with Gasteiger partial charge in [-0.05, 0) is 32.1 Å². The standard InChI is InChI=1S/C16H33NO2/c1-4-5-6-7-11-19-15-9-8-10-16(12-15,13-18)17-14(2)3/h14-15,17-18H,4-13H2,1-3H3. The molecule has 0 saturated heterocycles. The molecule has 2 atom stereocenters. The van der Waals surface area contributed by atoms with Gasteiger partial charge in [0.05, 0.1) is 12.7 Å². The quantitative estimate of drug-likeness (QED) is 0.633. The molecule has 2 N–H and O–H groups in total. The number of ether oxygens (including phenoxy) is 1. The van der Waals surface area contributed by atoms with Gasteiger partial charge in [0.15, 0.2) is 0 Å². The molecule has 0 aliphatic heterocycles. The molecule has 0 heterocycles. The molecule has 0 bridgehead atoms. The summed E-state index contributed by atoms with van der Waals surface area (Å²) in [5.41, 5.74) is -0.111. The highest BCUT2D eigenvalue weighted by Crippen LogP contribution is 2.30. The third-order valence-electron chi connectivity index (χ3n) is 4.05. The van der Waals surface area contributed by atoms with E-state index in [4.69, 9.17) is 4.74 Å². The Balaban J connectivity index is 2.31. The summed E-state index contributed by atoms with van der Waals surface area (Å²) in [5.74, 6) is 0. The average molecular weight is 271 g/mol. The Morgan fingerprint density at radius 3 is 2.74 bits per heavy atom. The average Bonchev–Trinajstić information content (AvgIpc) is 2.38. The summed E-state index contributed by atoms with van der Waals surface area (Å²) in [6.45, 7) is 7.63. The number of hydrogen-bond acceptors (Lipinski definition) is 3. The molecule has 1 aliphatic rings. The van der Waals surface area contributed by atoms with Crippen LogP contribution in [0.5, 0.6) is 0 Å². The maximum Gasteiger partial charge on any atom is 0.0614 e. The van der Waals surface area contributed by atoms with Crippen LogP contribution in [0.15, 0.2) is 0 Å². The van der Waals surface area contributed by atoms with Crippen LogP contribution in [0.1, 0.15) is 72.1 Å². The third kappa shape index (κ3) is 6.24. The first-order valence-corrected chi connectivity index (χ1v) is 8.12. The van der Waals surface area contributed by atoms with Crippen LogP contribution < -0.4 is 5.32 Å². The van der Waals surface area contributed by atoms with Crippen LogP contribution >= 0.6 is 0 Å². The fraction of sp³-hybridized carbons (Fsp3) is 1.00. The zero-order valence-corrected chi connectivity index (χ0v) is 13.1. The van der Waals surface area contributed by atoms with E-state index >= 15 is 0 Å². The van der Waals surface area contributed by atoms with E-state index in [-0.39, 0.29) is 12.1 Å². The van der Waals surface area contributed by atoms with Crippen molar-refractivity contribution in [2.24, 2.45) is 0 Å². The van der Waals surface area contributed by atoms with E-state index in [0.717, 1.165) is 32.3 Å². The second-order valence-electron chi connectivity index (χ2n) is 6.39. The largest absolute Gasteiger partial charge is 0.394 e. The van der Waals surface area contributed by atoms with E-state index in [1.165, 1.54) is 25.7 Å². The highest BCUT2D eigenvalue weighted by atomic mass is 16.5. The molecular weight excluding hydrogens is 238 g/mol. The van der Waals surface area contributed by atoms with Gasteiger partial charge >= 0.3 is 0 Å². The fourth-order valence-corrected chi connectivity index (χ4v) is 3.16. The first kappa shape index (κ1) is 16.9. The lowest BCUT2D eigenvalue weighted by molar-refractivity contribution is -0.0191. The van der Waals surface area contributed by atoms with Gasteiger partial charge in [-0.2, -0.15) is 0 Å². The van der Waals surface area contributed by atoms with E-state index in [0.29, 0.717) is 12.1 Å². The monoisotopic (exact) mass is 271 g/mol. The van der Waals surface area contributed by atoms with Crippen molar-refractivity contribution in [3.05, 3.63) is 0 Å². The van der Waals surface area contributed by atoms with Gasteiger partial charge in [0.25, 0.3) is 0 Å². The number of aliphatic hydroxyl groups is 1. The van der Waals surface area contributed by atoms with Gasteiger partial charge in [-0.1, -0.05) is 40.0 Å². The van der Waals surface area contributed by atoms with E-state index in [1.807, 2.05) is 0 Å². The van der Waals surface area contributed by atoms with Crippen LogP contribution in [-0.2, 0) is 4.74 Å². The smallest absolute Gasteiger partial charge is 0.0614 e. The van der Waals surface area contributed by atoms with Crippen LogP contribution in [-0.4, -0.2) is 36.0 Å². The van der Waals surface area contributed by atoms with E-state index in [1.54, 1.807) is 0 Å². The highest BCUT2D eigenvalue weighted by molar-refractivity contribution is 4.94. The zero-order valence-electron chi connectivity index (χ0n) is 13.1. The predicted molar refractivity (Wildman–Crippen MR) is 80.4 cm³/mol. The maximum atomic E-state index is 9.73. The Kier molecular flexibility index (Phi) is 7.96. The van der Waals surface area contributed by atoms with Gasteiger partial charge in [-0.3, -0.25) is 0 Å². The number of aliphatic hydroxyl groups excluding tert-OH is 1. The molecule has 1 aliphatic carbocycles. The molecule has 3 nitrogen and oxygen atoms in total. The molecule has 1 rings (SSSR count). The van der Waals surface area contributed by atoms with Crippen LogP contribution in [0.2, 0.25) is 0 Å². The molecule has 1 saturated carbocycles. The summed E-state index contributed by atoms with van der Waals surface area (Å²) < 4.78 is 6.02. The molecule has 3 heteroatoms. The minimum Gasteiger partial charge on any atom is -0.394 e. The summed E-state index contributed by atoms with van der Waals surface area (Å²) in [7, 11) is 0. The van der Waals surface area contributed by atoms with Crippen molar-refractivity contribution >= 4 is 0 Å². The van der Waals surface area contributed by atoms with E-state index in [9.17, 15) is 5.11 Å². The molecular formula is C16H33NO2. The molecule has 0 aromatic heterocycles. The third-order valence-corrected chi connectivity index (χ3v) is 4.05. The molecule has 0 aromatic rings. The lowest BCUT2D eigenvalue weighted by Crippen LogP contribution is -2.55. The summed E-state index contributed by atoms with van der Waals surface area (Å²) >= 11 is 0. The summed E-state index contributed by atoms with van der Waals surface area (Å²) in [4.78, 5) is 0. The van der Waals surface area contributed by atoms with E-state index < -0.39 is 0 Å². The van der Waals surface area contributed by atoms with Crippen LogP contribution in [0.3, 0.4) is 0 Å². The Morgan fingerprint density at radius 2 is 2.11 bits per heavy atom. The number of rotatable bonds is 9. The van der Waals surface area contributed by atoms with Gasteiger partial charge < -0.3 is 15.2 Å². The van der Waals surface area contributed by atoms with Gasteiger partial charge in [0.2, 0.25) is 0 Å². The van der Waals surface area contributed by atoms with Gasteiger partial charge in [0.1, 0.15) is 0 Å². The molecule has 0 radical (unpaired) electrons. The molecule has 1 fully saturated rings. The number of hydrogen-bond donors (Lipinski definition) is 2. The molecule has 0 amide bonds. The van der Waals surface area contributed by atoms with Crippen molar-refractivity contribution in [1.82, 2.24) is 5.32 Å². The molecule has 0 spiro atoms. The van der Waals surface area contributed by atoms with Crippen LogP contribution in [0.25, 0.3) is 0 Å². The Labute approximate surface area is 119 Å². The van der Waals surface area contributed by atoms with Crippen molar-refractivity contribution in [2.75, 3.05) is 13.2 Å². The normalized spacial score (nSPS) is 27.9. The van der Waals surface area contributed by atoms with Crippen molar-refractivity contribution in [2.45, 2.75) is 89.8 Å². The predicted octanol–water partition coefficient (Wildman–Crippen LogP) is 3.26. The lowest BCUT2D eigenvalue weighted by Gasteiger charge is -2.41. The minimum absolute atomic E-state index is 0.111. The first-order valence-electron chi connectivity index (χ1n) is 8.12.